The molecule has 21 heavy (non-hydrogen) atoms. The Balaban J connectivity index is 1.69. The van der Waals surface area contributed by atoms with E-state index in [0.717, 1.165) is 12.8 Å². The molecular weight excluding hydrogens is 286 g/mol. The molecule has 0 unspecified atom stereocenters. The van der Waals surface area contributed by atoms with Gasteiger partial charge in [-0.05, 0) is 25.3 Å². The standard InChI is InChI=1S/C16H21NO3S/c1-2-20-15(19)11-21-10-14(18)17-12-16(8-9-16)13-6-4-3-5-7-13/h3-7H,2,8-12H2,1H3,(H,17,18). The van der Waals surface area contributed by atoms with Crippen molar-refractivity contribution in [2.45, 2.75) is 25.2 Å². The molecule has 114 valence electrons. The topological polar surface area (TPSA) is 55.4 Å². The normalized spacial score (nSPS) is 15.3. The molecule has 1 amide bonds. The van der Waals surface area contributed by atoms with Crippen LogP contribution in [0.4, 0.5) is 0 Å². The molecule has 0 spiro atoms. The van der Waals surface area contributed by atoms with Crippen LogP contribution in [0.2, 0.25) is 0 Å². The molecule has 0 aromatic heterocycles. The molecule has 0 bridgehead atoms. The summed E-state index contributed by atoms with van der Waals surface area (Å²) in [6.45, 7) is 2.83. The van der Waals surface area contributed by atoms with Crippen LogP contribution >= 0.6 is 11.8 Å². The molecule has 1 N–H and O–H groups in total. The third-order valence-corrected chi connectivity index (χ3v) is 4.53. The third kappa shape index (κ3) is 4.77. The fourth-order valence-electron chi connectivity index (χ4n) is 2.26. The van der Waals surface area contributed by atoms with E-state index >= 15 is 0 Å². The van der Waals surface area contributed by atoms with Gasteiger partial charge < -0.3 is 10.1 Å². The summed E-state index contributed by atoms with van der Waals surface area (Å²) in [4.78, 5) is 23.0. The molecular formula is C16H21NO3S. The maximum Gasteiger partial charge on any atom is 0.315 e. The lowest BCUT2D eigenvalue weighted by Crippen LogP contribution is -2.33. The number of nitrogens with one attached hydrogen (secondary N) is 1. The summed E-state index contributed by atoms with van der Waals surface area (Å²) in [5.41, 5.74) is 1.42. The van der Waals surface area contributed by atoms with Crippen LogP contribution in [0.3, 0.4) is 0 Å². The molecule has 0 saturated heterocycles. The molecule has 2 rings (SSSR count). The van der Waals surface area contributed by atoms with Gasteiger partial charge in [0.05, 0.1) is 18.1 Å². The Morgan fingerprint density at radius 1 is 1.24 bits per heavy atom. The summed E-state index contributed by atoms with van der Waals surface area (Å²) in [6.07, 6.45) is 2.24. The summed E-state index contributed by atoms with van der Waals surface area (Å²) >= 11 is 1.29. The van der Waals surface area contributed by atoms with E-state index in [-0.39, 0.29) is 23.0 Å². The lowest BCUT2D eigenvalue weighted by molar-refractivity contribution is -0.139. The number of ether oxygens (including phenoxy) is 1. The predicted octanol–water partition coefficient (Wildman–Crippen LogP) is 2.13. The number of rotatable bonds is 8. The number of esters is 1. The molecule has 0 radical (unpaired) electrons. The first-order valence-electron chi connectivity index (χ1n) is 7.22. The van der Waals surface area contributed by atoms with Gasteiger partial charge in [-0.25, -0.2) is 0 Å². The number of thioether (sulfide) groups is 1. The average Bonchev–Trinajstić information content (AvgIpc) is 3.28. The first-order chi connectivity index (χ1) is 10.2. The minimum Gasteiger partial charge on any atom is -0.465 e. The smallest absolute Gasteiger partial charge is 0.315 e. The lowest BCUT2D eigenvalue weighted by Gasteiger charge is -2.16. The second kappa shape index (κ2) is 7.50. The van der Waals surface area contributed by atoms with Crippen LogP contribution in [0, 0.1) is 0 Å². The Kier molecular flexibility index (Phi) is 5.67. The maximum absolute atomic E-state index is 11.8. The van der Waals surface area contributed by atoms with E-state index in [9.17, 15) is 9.59 Å². The molecule has 1 saturated carbocycles. The zero-order valence-electron chi connectivity index (χ0n) is 12.3. The van der Waals surface area contributed by atoms with Crippen molar-refractivity contribution in [1.82, 2.24) is 5.32 Å². The largest absolute Gasteiger partial charge is 0.465 e. The van der Waals surface area contributed by atoms with Gasteiger partial charge in [0.15, 0.2) is 0 Å². The number of hydrogen-bond acceptors (Lipinski definition) is 4. The van der Waals surface area contributed by atoms with Gasteiger partial charge in [-0.15, -0.1) is 11.8 Å². The van der Waals surface area contributed by atoms with Gasteiger partial charge in [-0.1, -0.05) is 30.3 Å². The maximum atomic E-state index is 11.8. The molecule has 1 fully saturated rings. The van der Waals surface area contributed by atoms with Crippen molar-refractivity contribution >= 4 is 23.6 Å². The van der Waals surface area contributed by atoms with Crippen molar-refractivity contribution < 1.29 is 14.3 Å². The van der Waals surface area contributed by atoms with Crippen LogP contribution in [-0.2, 0) is 19.7 Å². The highest BCUT2D eigenvalue weighted by Gasteiger charge is 2.44. The summed E-state index contributed by atoms with van der Waals surface area (Å²) in [5.74, 6) is 0.235. The minimum absolute atomic E-state index is 0.0218. The van der Waals surface area contributed by atoms with E-state index in [1.807, 2.05) is 18.2 Å². The second-order valence-corrected chi connectivity index (χ2v) is 6.21. The van der Waals surface area contributed by atoms with Crippen molar-refractivity contribution in [2.75, 3.05) is 24.7 Å². The summed E-state index contributed by atoms with van der Waals surface area (Å²) in [6, 6.07) is 10.3. The second-order valence-electron chi connectivity index (χ2n) is 5.22. The Labute approximate surface area is 129 Å². The fourth-order valence-corrected chi connectivity index (χ4v) is 2.90. The monoisotopic (exact) mass is 307 g/mol. The molecule has 1 aromatic carbocycles. The van der Waals surface area contributed by atoms with Crippen LogP contribution in [0.1, 0.15) is 25.3 Å². The van der Waals surface area contributed by atoms with Gasteiger partial charge in [0.2, 0.25) is 5.91 Å². The van der Waals surface area contributed by atoms with Gasteiger partial charge in [0.25, 0.3) is 0 Å². The number of carbonyl (C=O) groups excluding carboxylic acids is 2. The average molecular weight is 307 g/mol. The van der Waals surface area contributed by atoms with E-state index in [1.54, 1.807) is 6.92 Å². The minimum atomic E-state index is -0.266. The van der Waals surface area contributed by atoms with E-state index in [2.05, 4.69) is 17.4 Å². The number of amides is 1. The fraction of sp³-hybridized carbons (Fsp3) is 0.500. The van der Waals surface area contributed by atoms with Gasteiger partial charge in [-0.3, -0.25) is 9.59 Å². The van der Waals surface area contributed by atoms with Gasteiger partial charge >= 0.3 is 5.97 Å². The van der Waals surface area contributed by atoms with E-state index < -0.39 is 0 Å². The van der Waals surface area contributed by atoms with Crippen LogP contribution in [0.25, 0.3) is 0 Å². The van der Waals surface area contributed by atoms with Crippen molar-refractivity contribution in [3.05, 3.63) is 35.9 Å². The van der Waals surface area contributed by atoms with Gasteiger partial charge in [0.1, 0.15) is 0 Å². The Hall–Kier alpha value is -1.49. The van der Waals surface area contributed by atoms with Crippen LogP contribution in [0.5, 0.6) is 0 Å². The number of carbonyl (C=O) groups is 2. The SMILES string of the molecule is CCOC(=O)CSCC(=O)NCC1(c2ccccc2)CC1. The summed E-state index contributed by atoms with van der Waals surface area (Å²) in [7, 11) is 0. The Morgan fingerprint density at radius 2 is 1.95 bits per heavy atom. The third-order valence-electron chi connectivity index (χ3n) is 3.62. The molecule has 1 aliphatic carbocycles. The molecule has 0 atom stereocenters. The Bertz CT molecular complexity index is 486. The predicted molar refractivity (Wildman–Crippen MR) is 84.3 cm³/mol. The quantitative estimate of drug-likeness (QED) is 0.748. The lowest BCUT2D eigenvalue weighted by atomic mass is 9.96. The number of benzene rings is 1. The van der Waals surface area contributed by atoms with E-state index in [1.165, 1.54) is 17.3 Å². The Morgan fingerprint density at radius 3 is 2.57 bits per heavy atom. The first-order valence-corrected chi connectivity index (χ1v) is 8.37. The van der Waals surface area contributed by atoms with Crippen LogP contribution < -0.4 is 5.32 Å². The molecule has 1 aliphatic rings. The highest BCUT2D eigenvalue weighted by atomic mass is 32.2. The molecule has 0 heterocycles. The summed E-state index contributed by atoms with van der Waals surface area (Å²) in [5, 5.41) is 2.98. The highest BCUT2D eigenvalue weighted by molar-refractivity contribution is 8.00. The van der Waals surface area contributed by atoms with Crippen molar-refractivity contribution in [3.63, 3.8) is 0 Å². The van der Waals surface area contributed by atoms with Crippen molar-refractivity contribution in [1.29, 1.82) is 0 Å². The summed E-state index contributed by atoms with van der Waals surface area (Å²) < 4.78 is 4.81. The molecule has 4 nitrogen and oxygen atoms in total. The van der Waals surface area contributed by atoms with Crippen LogP contribution in [0.15, 0.2) is 30.3 Å². The zero-order chi connectivity index (χ0) is 15.1. The number of hydrogen-bond donors (Lipinski definition) is 1. The zero-order valence-corrected chi connectivity index (χ0v) is 13.1. The first kappa shape index (κ1) is 15.9. The molecule has 1 aromatic rings. The van der Waals surface area contributed by atoms with Crippen molar-refractivity contribution in [2.24, 2.45) is 0 Å². The van der Waals surface area contributed by atoms with Crippen molar-refractivity contribution in [3.8, 4) is 0 Å². The van der Waals surface area contributed by atoms with Gasteiger partial charge in [0, 0.05) is 12.0 Å². The molecule has 5 heteroatoms. The van der Waals surface area contributed by atoms with E-state index in [4.69, 9.17) is 4.74 Å². The van der Waals surface area contributed by atoms with Crippen LogP contribution in [-0.4, -0.2) is 36.5 Å². The highest BCUT2D eigenvalue weighted by Crippen LogP contribution is 2.47. The molecule has 0 aliphatic heterocycles. The van der Waals surface area contributed by atoms with Gasteiger partial charge in [-0.2, -0.15) is 0 Å². The van der Waals surface area contributed by atoms with E-state index in [0.29, 0.717) is 18.9 Å².